The van der Waals surface area contributed by atoms with Gasteiger partial charge in [0.2, 0.25) is 0 Å². The second-order valence-corrected chi connectivity index (χ2v) is 7.13. The molecule has 0 radical (unpaired) electrons. The van der Waals surface area contributed by atoms with Crippen LogP contribution in [-0.2, 0) is 5.41 Å². The van der Waals surface area contributed by atoms with Gasteiger partial charge in [0, 0.05) is 18.5 Å². The number of nitrogens with zero attached hydrogens (tertiary/aromatic N) is 1. The monoisotopic (exact) mass is 328 g/mol. The Kier molecular flexibility index (Phi) is 4.61. The van der Waals surface area contributed by atoms with Gasteiger partial charge in [-0.25, -0.2) is 4.39 Å². The van der Waals surface area contributed by atoms with Crippen LogP contribution in [0.1, 0.15) is 31.0 Å². The number of likely N-dealkylation sites (N-methyl/N-ethyl adjacent to an activating group) is 1. The van der Waals surface area contributed by atoms with Crippen molar-refractivity contribution < 1.29 is 9.50 Å². The average molecular weight is 328 g/mol. The van der Waals surface area contributed by atoms with Crippen molar-refractivity contribution in [3.05, 3.63) is 65.5 Å². The maximum atomic E-state index is 14.7. The van der Waals surface area contributed by atoms with Crippen LogP contribution in [0.25, 0.3) is 0 Å². The fourth-order valence-corrected chi connectivity index (χ4v) is 3.76. The number of halogens is 1. The summed E-state index contributed by atoms with van der Waals surface area (Å²) >= 11 is 0. The van der Waals surface area contributed by atoms with Gasteiger partial charge in [-0.15, -0.1) is 0 Å². The molecule has 1 heterocycles. The van der Waals surface area contributed by atoms with Gasteiger partial charge in [0.05, 0.1) is 17.8 Å². The molecule has 0 aromatic heterocycles. The van der Waals surface area contributed by atoms with Crippen LogP contribution in [0.5, 0.6) is 0 Å². The molecule has 2 aromatic carbocycles. The molecule has 1 aliphatic rings. The molecular weight excluding hydrogens is 303 g/mol. The van der Waals surface area contributed by atoms with Gasteiger partial charge in [-0.05, 0) is 24.2 Å². The van der Waals surface area contributed by atoms with Gasteiger partial charge in [-0.1, -0.05) is 56.3 Å². The zero-order chi connectivity index (χ0) is 17.3. The van der Waals surface area contributed by atoms with E-state index in [1.54, 1.807) is 6.07 Å². The van der Waals surface area contributed by atoms with Crippen LogP contribution < -0.4 is 10.2 Å². The zero-order valence-electron chi connectivity index (χ0n) is 14.5. The number of nitrogens with one attached hydrogen (secondary N) is 1. The van der Waals surface area contributed by atoms with Crippen LogP contribution in [0.3, 0.4) is 0 Å². The number of hydrogen-bond donors (Lipinski definition) is 2. The predicted molar refractivity (Wildman–Crippen MR) is 95.9 cm³/mol. The van der Waals surface area contributed by atoms with Gasteiger partial charge >= 0.3 is 0 Å². The first-order valence-corrected chi connectivity index (χ1v) is 8.39. The van der Waals surface area contributed by atoms with Crippen molar-refractivity contribution in [2.24, 2.45) is 0 Å². The van der Waals surface area contributed by atoms with E-state index in [2.05, 4.69) is 19.2 Å². The summed E-state index contributed by atoms with van der Waals surface area (Å²) in [5, 5.41) is 13.8. The van der Waals surface area contributed by atoms with Crippen LogP contribution in [0.4, 0.5) is 10.1 Å². The fourth-order valence-electron chi connectivity index (χ4n) is 3.76. The lowest BCUT2D eigenvalue weighted by atomic mass is 9.87. The van der Waals surface area contributed by atoms with E-state index in [-0.39, 0.29) is 17.3 Å². The first-order chi connectivity index (χ1) is 11.5. The van der Waals surface area contributed by atoms with E-state index in [0.717, 1.165) is 11.1 Å². The van der Waals surface area contributed by atoms with Gasteiger partial charge in [-0.2, -0.15) is 0 Å². The van der Waals surface area contributed by atoms with Gasteiger partial charge in [0.1, 0.15) is 5.82 Å². The average Bonchev–Trinajstić information content (AvgIpc) is 2.82. The van der Waals surface area contributed by atoms with Crippen molar-refractivity contribution in [3.8, 4) is 0 Å². The maximum Gasteiger partial charge on any atom is 0.146 e. The molecule has 0 aliphatic carbocycles. The number of benzene rings is 2. The molecule has 0 bridgehead atoms. The van der Waals surface area contributed by atoms with Crippen LogP contribution in [0.2, 0.25) is 0 Å². The van der Waals surface area contributed by atoms with Gasteiger partial charge in [-0.3, -0.25) is 0 Å². The summed E-state index contributed by atoms with van der Waals surface area (Å²) in [5.74, 6) is -0.226. The quantitative estimate of drug-likeness (QED) is 0.884. The number of fused-ring (bicyclic) bond motifs is 1. The molecule has 0 spiro atoms. The minimum absolute atomic E-state index is 0.163. The first kappa shape index (κ1) is 16.9. The number of anilines is 1. The summed E-state index contributed by atoms with van der Waals surface area (Å²) < 4.78 is 14.7. The molecule has 3 rings (SSSR count). The summed E-state index contributed by atoms with van der Waals surface area (Å²) in [4.78, 5) is 2.03. The molecule has 4 heteroatoms. The number of hydrogen-bond acceptors (Lipinski definition) is 3. The third-order valence-electron chi connectivity index (χ3n) is 4.82. The van der Waals surface area contributed by atoms with Crippen molar-refractivity contribution >= 4 is 5.69 Å². The highest BCUT2D eigenvalue weighted by atomic mass is 19.1. The van der Waals surface area contributed by atoms with Crippen molar-refractivity contribution in [1.29, 1.82) is 0 Å². The molecule has 128 valence electrons. The Balaban J connectivity index is 2.10. The van der Waals surface area contributed by atoms with E-state index in [1.165, 1.54) is 6.07 Å². The Bertz CT molecular complexity index is 702. The van der Waals surface area contributed by atoms with Crippen molar-refractivity contribution in [1.82, 2.24) is 5.32 Å². The summed E-state index contributed by atoms with van der Waals surface area (Å²) in [7, 11) is 1.81. The van der Waals surface area contributed by atoms with Crippen LogP contribution in [0, 0.1) is 5.82 Å². The Morgan fingerprint density at radius 2 is 1.88 bits per heavy atom. The Hall–Kier alpha value is -1.91. The second-order valence-electron chi connectivity index (χ2n) is 7.13. The van der Waals surface area contributed by atoms with Crippen LogP contribution in [-0.4, -0.2) is 31.3 Å². The number of para-hydroxylation sites is 1. The van der Waals surface area contributed by atoms with Crippen LogP contribution >= 0.6 is 0 Å². The largest absolute Gasteiger partial charge is 0.389 e. The molecule has 2 unspecified atom stereocenters. The lowest BCUT2D eigenvalue weighted by Gasteiger charge is -2.35. The highest BCUT2D eigenvalue weighted by Gasteiger charge is 2.42. The smallest absolute Gasteiger partial charge is 0.146 e. The minimum atomic E-state index is -0.640. The molecule has 0 saturated carbocycles. The van der Waals surface area contributed by atoms with E-state index >= 15 is 0 Å². The SMILES string of the molecule is CNCC(O)C(c1ccccc1)N1CC(C)(C)c2cccc(F)c21. The third kappa shape index (κ3) is 2.92. The molecule has 3 nitrogen and oxygen atoms in total. The van der Waals surface area contributed by atoms with E-state index in [4.69, 9.17) is 0 Å². The van der Waals surface area contributed by atoms with E-state index in [1.807, 2.05) is 48.3 Å². The molecule has 0 amide bonds. The summed E-state index contributed by atoms with van der Waals surface area (Å²) in [5.41, 5.74) is 2.45. The summed E-state index contributed by atoms with van der Waals surface area (Å²) in [6.07, 6.45) is -0.640. The van der Waals surface area contributed by atoms with Crippen molar-refractivity contribution in [2.45, 2.75) is 31.4 Å². The Morgan fingerprint density at radius 1 is 1.17 bits per heavy atom. The van der Waals surface area contributed by atoms with E-state index < -0.39 is 6.10 Å². The van der Waals surface area contributed by atoms with E-state index in [9.17, 15) is 9.50 Å². The number of rotatable bonds is 5. The van der Waals surface area contributed by atoms with E-state index in [0.29, 0.717) is 18.8 Å². The first-order valence-electron chi connectivity index (χ1n) is 8.39. The van der Waals surface area contributed by atoms with Crippen molar-refractivity contribution in [2.75, 3.05) is 25.0 Å². The fraction of sp³-hybridized carbons (Fsp3) is 0.400. The molecule has 0 fully saturated rings. The topological polar surface area (TPSA) is 35.5 Å². The maximum absolute atomic E-state index is 14.7. The minimum Gasteiger partial charge on any atom is -0.389 e. The lowest BCUT2D eigenvalue weighted by Crippen LogP contribution is -2.42. The number of aliphatic hydroxyl groups is 1. The lowest BCUT2D eigenvalue weighted by molar-refractivity contribution is 0.139. The van der Waals surface area contributed by atoms with Crippen LogP contribution in [0.15, 0.2) is 48.5 Å². The third-order valence-corrected chi connectivity index (χ3v) is 4.82. The Labute approximate surface area is 143 Å². The van der Waals surface area contributed by atoms with Gasteiger partial charge in [0.15, 0.2) is 0 Å². The highest BCUT2D eigenvalue weighted by Crippen LogP contribution is 2.46. The molecule has 2 atom stereocenters. The molecule has 1 aliphatic heterocycles. The normalized spacial score (nSPS) is 18.3. The molecular formula is C20H25FN2O. The second kappa shape index (κ2) is 6.54. The standard InChI is InChI=1S/C20H25FN2O/c1-20(2)13-23(19-15(20)10-7-11-16(19)21)18(17(24)12-22-3)14-8-5-4-6-9-14/h4-11,17-18,22,24H,12-13H2,1-3H3. The number of aliphatic hydroxyl groups excluding tert-OH is 1. The molecule has 2 N–H and O–H groups in total. The Morgan fingerprint density at radius 3 is 2.54 bits per heavy atom. The molecule has 24 heavy (non-hydrogen) atoms. The summed E-state index contributed by atoms with van der Waals surface area (Å²) in [6, 6.07) is 14.8. The van der Waals surface area contributed by atoms with Crippen molar-refractivity contribution in [3.63, 3.8) is 0 Å². The molecule has 2 aromatic rings. The summed E-state index contributed by atoms with van der Waals surface area (Å²) in [6.45, 7) is 5.36. The zero-order valence-corrected chi connectivity index (χ0v) is 14.5. The van der Waals surface area contributed by atoms with Gasteiger partial charge in [0.25, 0.3) is 0 Å². The highest BCUT2D eigenvalue weighted by molar-refractivity contribution is 5.64. The molecule has 0 saturated heterocycles. The van der Waals surface area contributed by atoms with Gasteiger partial charge < -0.3 is 15.3 Å². The predicted octanol–water partition coefficient (Wildman–Crippen LogP) is 3.24.